The SMILES string of the molecule is CCOc1ccccc1/C=C1\Oc2c(ccc(OCc3ccccc3)c2C)C1=O. The summed E-state index contributed by atoms with van der Waals surface area (Å²) in [5.41, 5.74) is 3.25. The van der Waals surface area contributed by atoms with Crippen molar-refractivity contribution < 1.29 is 19.0 Å². The summed E-state index contributed by atoms with van der Waals surface area (Å²) in [7, 11) is 0. The number of ketones is 1. The van der Waals surface area contributed by atoms with E-state index in [0.717, 1.165) is 22.4 Å². The minimum Gasteiger partial charge on any atom is -0.493 e. The second-order valence-corrected chi connectivity index (χ2v) is 6.75. The Morgan fingerprint density at radius 2 is 1.66 bits per heavy atom. The number of fused-ring (bicyclic) bond motifs is 1. The highest BCUT2D eigenvalue weighted by molar-refractivity contribution is 6.15. The smallest absolute Gasteiger partial charge is 0.231 e. The Morgan fingerprint density at radius 1 is 0.897 bits per heavy atom. The fourth-order valence-corrected chi connectivity index (χ4v) is 3.29. The molecule has 29 heavy (non-hydrogen) atoms. The maximum absolute atomic E-state index is 12.8. The third-order valence-electron chi connectivity index (χ3n) is 4.78. The quantitative estimate of drug-likeness (QED) is 0.518. The normalized spacial score (nSPS) is 13.9. The van der Waals surface area contributed by atoms with Crippen LogP contribution >= 0.6 is 0 Å². The third-order valence-corrected chi connectivity index (χ3v) is 4.78. The molecule has 4 rings (SSSR count). The molecular weight excluding hydrogens is 364 g/mol. The zero-order valence-electron chi connectivity index (χ0n) is 16.5. The molecule has 1 aliphatic heterocycles. The zero-order chi connectivity index (χ0) is 20.2. The average Bonchev–Trinajstić information content (AvgIpc) is 3.06. The van der Waals surface area contributed by atoms with E-state index in [1.54, 1.807) is 12.1 Å². The van der Waals surface area contributed by atoms with Crippen LogP contribution in [-0.2, 0) is 6.61 Å². The van der Waals surface area contributed by atoms with Gasteiger partial charge in [-0.2, -0.15) is 0 Å². The minimum atomic E-state index is -0.135. The molecule has 0 aromatic heterocycles. The molecule has 0 N–H and O–H groups in total. The van der Waals surface area contributed by atoms with Crippen LogP contribution in [0.1, 0.15) is 34.0 Å². The summed E-state index contributed by atoms with van der Waals surface area (Å²) in [5, 5.41) is 0. The molecule has 0 saturated heterocycles. The van der Waals surface area contributed by atoms with Crippen molar-refractivity contribution in [2.24, 2.45) is 0 Å². The van der Waals surface area contributed by atoms with Crippen LogP contribution in [0.3, 0.4) is 0 Å². The number of hydrogen-bond donors (Lipinski definition) is 0. The molecule has 0 bridgehead atoms. The minimum absolute atomic E-state index is 0.135. The van der Waals surface area contributed by atoms with Gasteiger partial charge in [0.25, 0.3) is 0 Å². The Balaban J connectivity index is 1.59. The number of allylic oxidation sites excluding steroid dienone is 1. The number of hydrogen-bond acceptors (Lipinski definition) is 4. The van der Waals surface area contributed by atoms with E-state index in [1.165, 1.54) is 0 Å². The summed E-state index contributed by atoms with van der Waals surface area (Å²) in [4.78, 5) is 12.8. The van der Waals surface area contributed by atoms with Crippen LogP contribution in [0.4, 0.5) is 0 Å². The Labute approximate surface area is 170 Å². The molecule has 0 fully saturated rings. The standard InChI is InChI=1S/C25H22O4/c1-3-27-22-12-8-7-11-19(22)15-23-24(26)20-13-14-21(17(2)25(20)29-23)28-16-18-9-5-4-6-10-18/h4-15H,3,16H2,1-2H3/b23-15-. The molecule has 1 heterocycles. The van der Waals surface area contributed by atoms with Gasteiger partial charge in [-0.1, -0.05) is 48.5 Å². The van der Waals surface area contributed by atoms with Crippen molar-refractivity contribution in [2.45, 2.75) is 20.5 Å². The predicted molar refractivity (Wildman–Crippen MR) is 112 cm³/mol. The van der Waals surface area contributed by atoms with E-state index in [4.69, 9.17) is 14.2 Å². The Morgan fingerprint density at radius 3 is 2.45 bits per heavy atom. The van der Waals surface area contributed by atoms with Crippen LogP contribution in [0.15, 0.2) is 72.5 Å². The number of carbonyl (C=O) groups is 1. The Hall–Kier alpha value is -3.53. The highest BCUT2D eigenvalue weighted by Crippen LogP contribution is 2.40. The van der Waals surface area contributed by atoms with E-state index in [9.17, 15) is 4.79 Å². The molecule has 3 aromatic rings. The summed E-state index contributed by atoms with van der Waals surface area (Å²) in [6.45, 7) is 4.84. The maximum atomic E-state index is 12.8. The van der Waals surface area contributed by atoms with Gasteiger partial charge in [-0.15, -0.1) is 0 Å². The van der Waals surface area contributed by atoms with Gasteiger partial charge >= 0.3 is 0 Å². The lowest BCUT2D eigenvalue weighted by Gasteiger charge is -2.11. The van der Waals surface area contributed by atoms with E-state index in [2.05, 4.69) is 0 Å². The second kappa shape index (κ2) is 8.23. The van der Waals surface area contributed by atoms with Gasteiger partial charge < -0.3 is 14.2 Å². The molecular formula is C25H22O4. The molecule has 4 nitrogen and oxygen atoms in total. The highest BCUT2D eigenvalue weighted by Gasteiger charge is 2.30. The number of Topliss-reactive ketones (excluding diaryl/α,β-unsaturated/α-hetero) is 1. The third kappa shape index (κ3) is 3.87. The van der Waals surface area contributed by atoms with Gasteiger partial charge in [-0.25, -0.2) is 0 Å². The van der Waals surface area contributed by atoms with E-state index in [-0.39, 0.29) is 11.5 Å². The second-order valence-electron chi connectivity index (χ2n) is 6.75. The van der Waals surface area contributed by atoms with Crippen LogP contribution in [-0.4, -0.2) is 12.4 Å². The number of carbonyl (C=O) groups excluding carboxylic acids is 1. The Kier molecular flexibility index (Phi) is 5.34. The number of benzene rings is 3. The van der Waals surface area contributed by atoms with Crippen molar-refractivity contribution in [2.75, 3.05) is 6.61 Å². The van der Waals surface area contributed by atoms with E-state index in [0.29, 0.717) is 30.3 Å². The van der Waals surface area contributed by atoms with Crippen molar-refractivity contribution in [1.29, 1.82) is 0 Å². The Bertz CT molecular complexity index is 1070. The summed E-state index contributed by atoms with van der Waals surface area (Å²) in [6.07, 6.45) is 1.73. The van der Waals surface area contributed by atoms with Gasteiger partial charge in [0.15, 0.2) is 5.76 Å². The zero-order valence-corrected chi connectivity index (χ0v) is 16.5. The van der Waals surface area contributed by atoms with Gasteiger partial charge in [-0.05, 0) is 43.7 Å². The lowest BCUT2D eigenvalue weighted by molar-refractivity contribution is 0.101. The van der Waals surface area contributed by atoms with Gasteiger partial charge in [-0.3, -0.25) is 4.79 Å². The largest absolute Gasteiger partial charge is 0.493 e. The molecule has 0 amide bonds. The summed E-state index contributed by atoms with van der Waals surface area (Å²) >= 11 is 0. The first kappa shape index (κ1) is 18.8. The number of ether oxygens (including phenoxy) is 3. The molecule has 0 saturated carbocycles. The molecule has 3 aromatic carbocycles. The maximum Gasteiger partial charge on any atom is 0.231 e. The van der Waals surface area contributed by atoms with Gasteiger partial charge in [0, 0.05) is 11.1 Å². The molecule has 146 valence electrons. The fraction of sp³-hybridized carbons (Fsp3) is 0.160. The van der Waals surface area contributed by atoms with Crippen LogP contribution in [0.25, 0.3) is 6.08 Å². The molecule has 0 aliphatic carbocycles. The monoisotopic (exact) mass is 386 g/mol. The summed E-state index contributed by atoms with van der Waals surface area (Å²) < 4.78 is 17.6. The average molecular weight is 386 g/mol. The van der Waals surface area contributed by atoms with Crippen LogP contribution in [0, 0.1) is 6.92 Å². The molecule has 0 radical (unpaired) electrons. The lowest BCUT2D eigenvalue weighted by atomic mass is 10.1. The predicted octanol–water partition coefficient (Wildman–Crippen LogP) is 5.59. The van der Waals surface area contributed by atoms with Crippen molar-refractivity contribution >= 4 is 11.9 Å². The van der Waals surface area contributed by atoms with E-state index < -0.39 is 0 Å². The van der Waals surface area contributed by atoms with Crippen LogP contribution in [0.5, 0.6) is 17.2 Å². The van der Waals surface area contributed by atoms with Crippen molar-refractivity contribution in [3.8, 4) is 17.2 Å². The first-order chi connectivity index (χ1) is 14.2. The van der Waals surface area contributed by atoms with Crippen molar-refractivity contribution in [3.63, 3.8) is 0 Å². The van der Waals surface area contributed by atoms with Crippen LogP contribution < -0.4 is 14.2 Å². The highest BCUT2D eigenvalue weighted by atomic mass is 16.5. The summed E-state index contributed by atoms with van der Waals surface area (Å²) in [6, 6.07) is 21.1. The molecule has 1 aliphatic rings. The van der Waals surface area contributed by atoms with E-state index >= 15 is 0 Å². The first-order valence-electron chi connectivity index (χ1n) is 9.63. The fourth-order valence-electron chi connectivity index (χ4n) is 3.29. The van der Waals surface area contributed by atoms with Crippen LogP contribution in [0.2, 0.25) is 0 Å². The molecule has 4 heteroatoms. The molecule has 0 atom stereocenters. The van der Waals surface area contributed by atoms with E-state index in [1.807, 2.05) is 74.5 Å². The molecule has 0 spiro atoms. The van der Waals surface area contributed by atoms with Gasteiger partial charge in [0.1, 0.15) is 23.9 Å². The van der Waals surface area contributed by atoms with Gasteiger partial charge in [0.05, 0.1) is 12.2 Å². The number of para-hydroxylation sites is 1. The van der Waals surface area contributed by atoms with Crippen molar-refractivity contribution in [3.05, 3.63) is 94.7 Å². The summed E-state index contributed by atoms with van der Waals surface area (Å²) in [5.74, 6) is 2.13. The van der Waals surface area contributed by atoms with Gasteiger partial charge in [0.2, 0.25) is 5.78 Å². The topological polar surface area (TPSA) is 44.8 Å². The lowest BCUT2D eigenvalue weighted by Crippen LogP contribution is -1.99. The molecule has 0 unspecified atom stereocenters. The number of rotatable bonds is 6. The first-order valence-corrected chi connectivity index (χ1v) is 9.63. The van der Waals surface area contributed by atoms with Crippen molar-refractivity contribution in [1.82, 2.24) is 0 Å².